The number of nitrogens with zero attached hydrogens (tertiary/aromatic N) is 3. The van der Waals surface area contributed by atoms with Crippen molar-refractivity contribution < 1.29 is 27.2 Å². The molecule has 0 aliphatic carbocycles. The number of benzene rings is 1. The van der Waals surface area contributed by atoms with Crippen LogP contribution in [0.5, 0.6) is 0 Å². The molecule has 1 atom stereocenters. The van der Waals surface area contributed by atoms with Gasteiger partial charge in [-0.1, -0.05) is 0 Å². The number of hydrogen-bond acceptors (Lipinski definition) is 5. The lowest BCUT2D eigenvalue weighted by atomic mass is 9.70. The van der Waals surface area contributed by atoms with E-state index in [0.29, 0.717) is 49.5 Å². The molecule has 1 aromatic carbocycles. The molecule has 2 saturated heterocycles. The van der Waals surface area contributed by atoms with Gasteiger partial charge in [0.25, 0.3) is 5.91 Å². The Hall–Kier alpha value is -3.48. The summed E-state index contributed by atoms with van der Waals surface area (Å²) in [6, 6.07) is 6.88. The predicted octanol–water partition coefficient (Wildman–Crippen LogP) is 3.58. The van der Waals surface area contributed by atoms with Crippen LogP contribution in [0.1, 0.15) is 40.1 Å². The number of furan rings is 1. The third-order valence-corrected chi connectivity index (χ3v) is 7.14. The van der Waals surface area contributed by atoms with Crippen molar-refractivity contribution in [2.45, 2.75) is 25.9 Å². The van der Waals surface area contributed by atoms with Crippen molar-refractivity contribution in [1.29, 1.82) is 5.26 Å². The predicted molar refractivity (Wildman–Crippen MR) is 117 cm³/mol. The standard InChI is InChI=1S/C24H25F3N4O3/c1-15-18(5-10-34-15)22(33)30-8-6-23(7-9-30)14-31(13-20(23)21(32)29-2)17-4-3-16(12-28)19(11-17)24(25,26)27/h3-5,10-11,20H,6-9,13-14H2,1-2H3,(H,29,32). The molecule has 34 heavy (non-hydrogen) atoms. The summed E-state index contributed by atoms with van der Waals surface area (Å²) in [7, 11) is 1.54. The zero-order chi connectivity index (χ0) is 24.7. The number of aryl methyl sites for hydroxylation is 1. The van der Waals surface area contributed by atoms with E-state index >= 15 is 0 Å². The topological polar surface area (TPSA) is 89.6 Å². The van der Waals surface area contributed by atoms with Crippen LogP contribution in [0.15, 0.2) is 34.9 Å². The molecule has 0 bridgehead atoms. The number of carbonyl (C=O) groups is 2. The molecule has 0 saturated carbocycles. The van der Waals surface area contributed by atoms with E-state index < -0.39 is 28.6 Å². The van der Waals surface area contributed by atoms with Gasteiger partial charge in [-0.3, -0.25) is 9.59 Å². The van der Waals surface area contributed by atoms with Crippen molar-refractivity contribution >= 4 is 17.5 Å². The van der Waals surface area contributed by atoms with Gasteiger partial charge in [0.15, 0.2) is 0 Å². The van der Waals surface area contributed by atoms with E-state index in [1.807, 2.05) is 0 Å². The second-order valence-electron chi connectivity index (χ2n) is 8.93. The quantitative estimate of drug-likeness (QED) is 0.735. The van der Waals surface area contributed by atoms with Crippen molar-refractivity contribution in [3.8, 4) is 6.07 Å². The Morgan fingerprint density at radius 3 is 2.50 bits per heavy atom. The molecule has 2 amide bonds. The van der Waals surface area contributed by atoms with Crippen molar-refractivity contribution in [1.82, 2.24) is 10.2 Å². The highest BCUT2D eigenvalue weighted by molar-refractivity contribution is 5.95. The van der Waals surface area contributed by atoms with E-state index in [1.165, 1.54) is 18.4 Å². The second-order valence-corrected chi connectivity index (χ2v) is 8.93. The maximum Gasteiger partial charge on any atom is 0.417 e. The number of carbonyl (C=O) groups excluding carboxylic acids is 2. The molecule has 7 nitrogen and oxygen atoms in total. The van der Waals surface area contributed by atoms with E-state index in [0.717, 1.165) is 6.07 Å². The van der Waals surface area contributed by atoms with E-state index in [2.05, 4.69) is 5.32 Å². The minimum absolute atomic E-state index is 0.130. The minimum Gasteiger partial charge on any atom is -0.469 e. The van der Waals surface area contributed by atoms with Crippen LogP contribution in [-0.4, -0.2) is 49.9 Å². The van der Waals surface area contributed by atoms with Crippen LogP contribution in [-0.2, 0) is 11.0 Å². The number of anilines is 1. The number of alkyl halides is 3. The minimum atomic E-state index is -4.66. The third kappa shape index (κ3) is 4.11. The fourth-order valence-electron chi connectivity index (χ4n) is 5.20. The van der Waals surface area contributed by atoms with Crippen LogP contribution in [0.3, 0.4) is 0 Å². The highest BCUT2D eigenvalue weighted by Crippen LogP contribution is 2.47. The molecular formula is C24H25F3N4O3. The first kappa shape index (κ1) is 23.7. The highest BCUT2D eigenvalue weighted by Gasteiger charge is 2.51. The van der Waals surface area contributed by atoms with Crippen LogP contribution in [0, 0.1) is 29.6 Å². The number of nitrogens with one attached hydrogen (secondary N) is 1. The third-order valence-electron chi connectivity index (χ3n) is 7.14. The number of rotatable bonds is 3. The number of amides is 2. The second kappa shape index (κ2) is 8.70. The summed E-state index contributed by atoms with van der Waals surface area (Å²) in [4.78, 5) is 29.2. The summed E-state index contributed by atoms with van der Waals surface area (Å²) in [6.45, 7) is 3.25. The van der Waals surface area contributed by atoms with Gasteiger partial charge in [0.05, 0.1) is 34.9 Å². The Labute approximate surface area is 195 Å². The molecule has 2 aromatic rings. The zero-order valence-electron chi connectivity index (χ0n) is 18.9. The first-order valence-corrected chi connectivity index (χ1v) is 11.0. The Morgan fingerprint density at radius 1 is 1.24 bits per heavy atom. The molecular weight excluding hydrogens is 449 g/mol. The molecule has 0 radical (unpaired) electrons. The molecule has 2 aliphatic heterocycles. The van der Waals surface area contributed by atoms with E-state index in [9.17, 15) is 22.8 Å². The van der Waals surface area contributed by atoms with Crippen molar-refractivity contribution in [3.63, 3.8) is 0 Å². The van der Waals surface area contributed by atoms with Crippen LogP contribution in [0.25, 0.3) is 0 Å². The summed E-state index contributed by atoms with van der Waals surface area (Å²) in [5.41, 5.74) is -1.07. The van der Waals surface area contributed by atoms with Crippen LogP contribution < -0.4 is 10.2 Å². The molecule has 1 unspecified atom stereocenters. The van der Waals surface area contributed by atoms with Gasteiger partial charge in [0.1, 0.15) is 5.76 Å². The van der Waals surface area contributed by atoms with Crippen molar-refractivity contribution in [2.75, 3.05) is 38.1 Å². The molecule has 1 spiro atoms. The van der Waals surface area contributed by atoms with Gasteiger partial charge in [-0.25, -0.2) is 0 Å². The Morgan fingerprint density at radius 2 is 1.94 bits per heavy atom. The molecule has 2 fully saturated rings. The lowest BCUT2D eigenvalue weighted by molar-refractivity contribution is -0.137. The largest absolute Gasteiger partial charge is 0.469 e. The maximum atomic E-state index is 13.5. The SMILES string of the molecule is CNC(=O)C1CN(c2ccc(C#N)c(C(F)(F)F)c2)CC12CCN(C(=O)c1ccoc1C)CC2. The van der Waals surface area contributed by atoms with Gasteiger partial charge >= 0.3 is 6.18 Å². The number of nitriles is 1. The normalized spacial score (nSPS) is 19.8. The molecule has 10 heteroatoms. The fourth-order valence-corrected chi connectivity index (χ4v) is 5.20. The first-order valence-electron chi connectivity index (χ1n) is 11.0. The Kier molecular flexibility index (Phi) is 6.06. The number of piperidine rings is 1. The van der Waals surface area contributed by atoms with E-state index in [4.69, 9.17) is 9.68 Å². The monoisotopic (exact) mass is 474 g/mol. The smallest absolute Gasteiger partial charge is 0.417 e. The summed E-state index contributed by atoms with van der Waals surface area (Å²) in [5.74, 6) is -0.191. The van der Waals surface area contributed by atoms with Crippen molar-refractivity contribution in [2.24, 2.45) is 11.3 Å². The fraction of sp³-hybridized carbons (Fsp3) is 0.458. The number of hydrogen-bond donors (Lipinski definition) is 1. The molecule has 180 valence electrons. The van der Waals surface area contributed by atoms with Gasteiger partial charge in [-0.05, 0) is 44.0 Å². The summed E-state index contributed by atoms with van der Waals surface area (Å²) in [6.07, 6.45) is -2.09. The van der Waals surface area contributed by atoms with E-state index in [1.54, 1.807) is 35.9 Å². The Bertz CT molecular complexity index is 1140. The molecule has 1 N–H and O–H groups in total. The van der Waals surface area contributed by atoms with Gasteiger partial charge in [0, 0.05) is 44.3 Å². The van der Waals surface area contributed by atoms with Gasteiger partial charge < -0.3 is 19.5 Å². The maximum absolute atomic E-state index is 13.5. The van der Waals surface area contributed by atoms with Crippen LogP contribution >= 0.6 is 0 Å². The molecule has 2 aliphatic rings. The van der Waals surface area contributed by atoms with Crippen molar-refractivity contribution in [3.05, 3.63) is 53.0 Å². The van der Waals surface area contributed by atoms with E-state index in [-0.39, 0.29) is 18.4 Å². The van der Waals surface area contributed by atoms with Crippen LogP contribution in [0.2, 0.25) is 0 Å². The summed E-state index contributed by atoms with van der Waals surface area (Å²) < 4.78 is 45.7. The first-order chi connectivity index (χ1) is 16.1. The summed E-state index contributed by atoms with van der Waals surface area (Å²) >= 11 is 0. The average molecular weight is 474 g/mol. The average Bonchev–Trinajstić information content (AvgIpc) is 3.41. The van der Waals surface area contributed by atoms with Gasteiger partial charge in [0.2, 0.25) is 5.91 Å². The number of halogens is 3. The molecule has 1 aromatic heterocycles. The lowest BCUT2D eigenvalue weighted by Gasteiger charge is -2.42. The Balaban J connectivity index is 1.58. The lowest BCUT2D eigenvalue weighted by Crippen LogP contribution is -2.49. The molecule has 3 heterocycles. The highest BCUT2D eigenvalue weighted by atomic mass is 19.4. The molecule has 4 rings (SSSR count). The van der Waals surface area contributed by atoms with Gasteiger partial charge in [-0.15, -0.1) is 0 Å². The summed E-state index contributed by atoms with van der Waals surface area (Å²) in [5, 5.41) is 11.8. The van der Waals surface area contributed by atoms with Gasteiger partial charge in [-0.2, -0.15) is 18.4 Å². The van der Waals surface area contributed by atoms with Crippen LogP contribution in [0.4, 0.5) is 18.9 Å². The zero-order valence-corrected chi connectivity index (χ0v) is 18.9. The number of likely N-dealkylation sites (tertiary alicyclic amines) is 1.